The summed E-state index contributed by atoms with van der Waals surface area (Å²) in [7, 11) is 0. The second-order valence-electron chi connectivity index (χ2n) is 9.30. The molecule has 2 aliphatic rings. The first-order chi connectivity index (χ1) is 13.0. The number of nitrogens with zero attached hydrogens (tertiary/aromatic N) is 1. The van der Waals surface area contributed by atoms with Crippen LogP contribution in [0.25, 0.3) is 6.08 Å². The van der Waals surface area contributed by atoms with E-state index in [9.17, 15) is 0 Å². The lowest BCUT2D eigenvalue weighted by Crippen LogP contribution is -2.53. The molecule has 0 N–H and O–H groups in total. The average molecular weight is 363 g/mol. The van der Waals surface area contributed by atoms with Gasteiger partial charge in [-0.1, -0.05) is 95.9 Å². The maximum atomic E-state index is 3.89. The number of hydrogen-bond acceptors (Lipinski definition) is 1. The highest BCUT2D eigenvalue weighted by molar-refractivity contribution is 6.60. The molecule has 1 saturated carbocycles. The summed E-state index contributed by atoms with van der Waals surface area (Å²) in [6.45, 7) is 14.0. The van der Waals surface area contributed by atoms with Gasteiger partial charge < -0.3 is 4.81 Å². The van der Waals surface area contributed by atoms with Crippen molar-refractivity contribution in [2.24, 2.45) is 5.92 Å². The van der Waals surface area contributed by atoms with Gasteiger partial charge in [0, 0.05) is 0 Å². The highest BCUT2D eigenvalue weighted by Gasteiger charge is 2.44. The van der Waals surface area contributed by atoms with Crippen LogP contribution in [0.15, 0.2) is 43.0 Å². The molecule has 1 fully saturated rings. The number of hydrogen-bond donors (Lipinski definition) is 0. The Morgan fingerprint density at radius 3 is 2.59 bits per heavy atom. The van der Waals surface area contributed by atoms with Gasteiger partial charge in [-0.25, -0.2) is 0 Å². The largest absolute Gasteiger partial charge is 0.337 e. The summed E-state index contributed by atoms with van der Waals surface area (Å²) in [5, 5.41) is 0. The highest BCUT2D eigenvalue weighted by Crippen LogP contribution is 2.47. The van der Waals surface area contributed by atoms with Crippen LogP contribution in [0.4, 0.5) is 0 Å². The van der Waals surface area contributed by atoms with Crippen molar-refractivity contribution < 1.29 is 0 Å². The van der Waals surface area contributed by atoms with E-state index in [1.165, 1.54) is 44.1 Å². The van der Waals surface area contributed by atoms with Crippen LogP contribution < -0.4 is 0 Å². The summed E-state index contributed by atoms with van der Waals surface area (Å²) in [5.41, 5.74) is 2.98. The van der Waals surface area contributed by atoms with Crippen molar-refractivity contribution in [3.8, 4) is 0 Å². The van der Waals surface area contributed by atoms with E-state index >= 15 is 0 Å². The van der Waals surface area contributed by atoms with Crippen LogP contribution in [0, 0.1) is 5.92 Å². The summed E-state index contributed by atoms with van der Waals surface area (Å²) < 4.78 is 0. The summed E-state index contributed by atoms with van der Waals surface area (Å²) in [6.07, 6.45) is 15.0. The summed E-state index contributed by atoms with van der Waals surface area (Å²) in [5.74, 6) is 2.27. The molecular formula is C25H38BN. The highest BCUT2D eigenvalue weighted by atomic mass is 15.1. The van der Waals surface area contributed by atoms with Crippen molar-refractivity contribution in [3.63, 3.8) is 0 Å². The minimum absolute atomic E-state index is 0.544. The summed E-state index contributed by atoms with van der Waals surface area (Å²) in [6, 6.07) is 10.2. The van der Waals surface area contributed by atoms with Gasteiger partial charge in [-0.05, 0) is 53.6 Å². The fourth-order valence-corrected chi connectivity index (χ4v) is 5.82. The molecule has 1 aromatic rings. The van der Waals surface area contributed by atoms with E-state index in [4.69, 9.17) is 0 Å². The molecule has 0 aliphatic heterocycles. The topological polar surface area (TPSA) is 3.24 Å². The Kier molecular flexibility index (Phi) is 7.03. The van der Waals surface area contributed by atoms with Crippen molar-refractivity contribution in [2.75, 3.05) is 0 Å². The SMILES string of the molecule is C=CCCCC1CCC(B(C2C=Cc3ccccc32)N(C(C)C)C(C)C)C1. The lowest BCUT2D eigenvalue weighted by atomic mass is 9.39. The van der Waals surface area contributed by atoms with Gasteiger partial charge in [0.15, 0.2) is 0 Å². The van der Waals surface area contributed by atoms with Gasteiger partial charge in [0.05, 0.1) is 0 Å². The lowest BCUT2D eigenvalue weighted by Gasteiger charge is -2.42. The molecule has 0 radical (unpaired) electrons. The second-order valence-corrected chi connectivity index (χ2v) is 9.30. The van der Waals surface area contributed by atoms with Gasteiger partial charge in [-0.15, -0.1) is 6.58 Å². The predicted octanol–water partition coefficient (Wildman–Crippen LogP) is 6.97. The van der Waals surface area contributed by atoms with Crippen molar-refractivity contribution in [1.29, 1.82) is 0 Å². The van der Waals surface area contributed by atoms with Crippen molar-refractivity contribution in [2.45, 2.75) is 89.9 Å². The smallest absolute Gasteiger partial charge is 0.238 e. The van der Waals surface area contributed by atoms with E-state index in [0.29, 0.717) is 24.7 Å². The average Bonchev–Trinajstić information content (AvgIpc) is 3.26. The van der Waals surface area contributed by atoms with Crippen LogP contribution in [-0.2, 0) is 0 Å². The maximum absolute atomic E-state index is 3.89. The Balaban J connectivity index is 1.84. The number of unbranched alkanes of at least 4 members (excludes halogenated alkanes) is 1. The molecule has 146 valence electrons. The van der Waals surface area contributed by atoms with Gasteiger partial charge in [0.2, 0.25) is 6.85 Å². The minimum Gasteiger partial charge on any atom is -0.337 e. The van der Waals surface area contributed by atoms with Gasteiger partial charge in [0.1, 0.15) is 0 Å². The standard InChI is InChI=1S/C25H38BN/c1-6-7-8-11-21-14-16-23(18-21)26(27(19(2)3)20(4)5)25-17-15-22-12-9-10-13-24(22)25/h6,9-10,12-13,15,17,19-21,23,25H,1,7-8,11,14,16,18H2,2-5H3. The number of allylic oxidation sites excluding steroid dienone is 2. The molecule has 27 heavy (non-hydrogen) atoms. The Hall–Kier alpha value is -1.28. The van der Waals surface area contributed by atoms with Crippen molar-refractivity contribution in [3.05, 3.63) is 54.1 Å². The number of fused-ring (bicyclic) bond motifs is 1. The summed E-state index contributed by atoms with van der Waals surface area (Å²) >= 11 is 0. The van der Waals surface area contributed by atoms with Crippen LogP contribution in [0.1, 0.15) is 83.2 Å². The van der Waals surface area contributed by atoms with Gasteiger partial charge >= 0.3 is 0 Å². The fourth-order valence-electron chi connectivity index (χ4n) is 5.82. The molecule has 0 spiro atoms. The predicted molar refractivity (Wildman–Crippen MR) is 121 cm³/mol. The molecule has 1 aromatic carbocycles. The molecule has 3 atom stereocenters. The van der Waals surface area contributed by atoms with Crippen LogP contribution in [0.3, 0.4) is 0 Å². The van der Waals surface area contributed by atoms with Gasteiger partial charge in [-0.3, -0.25) is 0 Å². The normalized spacial score (nSPS) is 24.2. The first-order valence-electron chi connectivity index (χ1n) is 11.2. The fraction of sp³-hybridized carbons (Fsp3) is 0.600. The van der Waals surface area contributed by atoms with Gasteiger partial charge in [0.25, 0.3) is 0 Å². The van der Waals surface area contributed by atoms with E-state index in [2.05, 4.69) is 81.6 Å². The minimum atomic E-state index is 0.544. The van der Waals surface area contributed by atoms with Crippen LogP contribution >= 0.6 is 0 Å². The van der Waals surface area contributed by atoms with E-state index in [-0.39, 0.29) is 0 Å². The molecule has 0 saturated heterocycles. The summed E-state index contributed by atoms with van der Waals surface area (Å²) in [4.78, 5) is 2.81. The zero-order chi connectivity index (χ0) is 19.4. The molecule has 1 nitrogen and oxygen atoms in total. The van der Waals surface area contributed by atoms with Crippen molar-refractivity contribution in [1.82, 2.24) is 4.81 Å². The Bertz CT molecular complexity index is 639. The molecule has 3 rings (SSSR count). The van der Waals surface area contributed by atoms with Crippen LogP contribution in [-0.4, -0.2) is 23.7 Å². The van der Waals surface area contributed by atoms with Crippen molar-refractivity contribution >= 4 is 12.9 Å². The first-order valence-corrected chi connectivity index (χ1v) is 11.2. The van der Waals surface area contributed by atoms with E-state index < -0.39 is 0 Å². The second kappa shape index (κ2) is 9.28. The molecule has 0 bridgehead atoms. The molecule has 2 aliphatic carbocycles. The quantitative estimate of drug-likeness (QED) is 0.260. The molecule has 0 amide bonds. The third-order valence-electron chi connectivity index (χ3n) is 6.83. The third kappa shape index (κ3) is 4.59. The Labute approximate surface area is 168 Å². The van der Waals surface area contributed by atoms with Crippen LogP contribution in [0.2, 0.25) is 5.82 Å². The zero-order valence-electron chi connectivity index (χ0n) is 17.9. The molecular weight excluding hydrogens is 325 g/mol. The first kappa shape index (κ1) is 20.5. The number of benzene rings is 1. The van der Waals surface area contributed by atoms with Gasteiger partial charge in [-0.2, -0.15) is 0 Å². The Morgan fingerprint density at radius 1 is 1.15 bits per heavy atom. The molecule has 3 unspecified atom stereocenters. The third-order valence-corrected chi connectivity index (χ3v) is 6.83. The van der Waals surface area contributed by atoms with E-state index in [1.54, 1.807) is 5.56 Å². The molecule has 0 aromatic heterocycles. The van der Waals surface area contributed by atoms with E-state index in [1.807, 2.05) is 0 Å². The van der Waals surface area contributed by atoms with E-state index in [0.717, 1.165) is 11.7 Å². The maximum Gasteiger partial charge on any atom is 0.238 e. The zero-order valence-corrected chi connectivity index (χ0v) is 17.9. The molecule has 2 heteroatoms. The number of rotatable bonds is 9. The lowest BCUT2D eigenvalue weighted by molar-refractivity contribution is 0.293. The monoisotopic (exact) mass is 363 g/mol. The Morgan fingerprint density at radius 2 is 1.89 bits per heavy atom. The van der Waals surface area contributed by atoms with Crippen LogP contribution in [0.5, 0.6) is 0 Å². The molecule has 0 heterocycles.